The Kier molecular flexibility index (Phi) is 4.95. The molecule has 2 rings (SSSR count). The van der Waals surface area contributed by atoms with Gasteiger partial charge in [0.2, 0.25) is 0 Å². The van der Waals surface area contributed by atoms with Crippen molar-refractivity contribution >= 4 is 35.0 Å². The number of nitrogens with zero attached hydrogens (tertiary/aromatic N) is 1. The van der Waals surface area contributed by atoms with Crippen molar-refractivity contribution in [1.82, 2.24) is 4.90 Å². The Morgan fingerprint density at radius 2 is 2.00 bits per heavy atom. The zero-order valence-electron chi connectivity index (χ0n) is 12.5. The summed E-state index contributed by atoms with van der Waals surface area (Å²) in [5, 5.41) is 18.1. The molecule has 122 valence electrons. The zero-order valence-corrected chi connectivity index (χ0v) is 13.3. The van der Waals surface area contributed by atoms with Gasteiger partial charge in [0.15, 0.2) is 11.5 Å². The number of hydrogen-bond acceptors (Lipinski definition) is 7. The van der Waals surface area contributed by atoms with Crippen LogP contribution in [0.2, 0.25) is 0 Å². The van der Waals surface area contributed by atoms with E-state index in [0.29, 0.717) is 17.3 Å². The van der Waals surface area contributed by atoms with Crippen LogP contribution in [0.15, 0.2) is 23.1 Å². The lowest BCUT2D eigenvalue weighted by Gasteiger charge is -2.13. The van der Waals surface area contributed by atoms with Crippen LogP contribution in [0.3, 0.4) is 0 Å². The number of thioether (sulfide) groups is 1. The van der Waals surface area contributed by atoms with E-state index >= 15 is 0 Å². The van der Waals surface area contributed by atoms with Gasteiger partial charge in [0.05, 0.1) is 11.0 Å². The normalized spacial score (nSPS) is 16.5. The summed E-state index contributed by atoms with van der Waals surface area (Å²) in [5.41, 5.74) is 0.440. The standard InChI is InChI=1S/C15H15NO6S/c1-8(2)22-13(19)7-16-14(20)12(23-15(16)21)6-9-3-4-10(17)11(18)5-9/h3-6,8,17-18H,7H2,1-2H3/b12-6+. The molecule has 1 aromatic carbocycles. The number of aromatic hydroxyl groups is 2. The summed E-state index contributed by atoms with van der Waals surface area (Å²) < 4.78 is 4.92. The maximum absolute atomic E-state index is 12.2. The van der Waals surface area contributed by atoms with Crippen molar-refractivity contribution in [2.75, 3.05) is 6.54 Å². The number of ether oxygens (including phenoxy) is 1. The molecule has 2 amide bonds. The van der Waals surface area contributed by atoms with E-state index in [1.807, 2.05) is 0 Å². The molecule has 1 heterocycles. The highest BCUT2D eigenvalue weighted by Crippen LogP contribution is 2.33. The van der Waals surface area contributed by atoms with Crippen molar-refractivity contribution in [3.05, 3.63) is 28.7 Å². The van der Waals surface area contributed by atoms with Gasteiger partial charge in [0, 0.05) is 0 Å². The number of hydrogen-bond donors (Lipinski definition) is 2. The Balaban J connectivity index is 2.15. The third kappa shape index (κ3) is 4.04. The Hall–Kier alpha value is -2.48. The summed E-state index contributed by atoms with van der Waals surface area (Å²) in [7, 11) is 0. The van der Waals surface area contributed by atoms with Crippen molar-refractivity contribution in [2.24, 2.45) is 0 Å². The van der Waals surface area contributed by atoms with Crippen molar-refractivity contribution in [3.63, 3.8) is 0 Å². The second-order valence-corrected chi connectivity index (χ2v) is 6.05. The fourth-order valence-electron chi connectivity index (χ4n) is 1.85. The molecule has 0 aliphatic carbocycles. The first kappa shape index (κ1) is 16.9. The fourth-order valence-corrected chi connectivity index (χ4v) is 2.69. The molecule has 0 radical (unpaired) electrons. The van der Waals surface area contributed by atoms with Crippen molar-refractivity contribution < 1.29 is 29.3 Å². The Labute approximate surface area is 136 Å². The zero-order chi connectivity index (χ0) is 17.1. The van der Waals surface area contributed by atoms with Crippen molar-refractivity contribution in [2.45, 2.75) is 20.0 Å². The van der Waals surface area contributed by atoms with Gasteiger partial charge in [-0.2, -0.15) is 0 Å². The van der Waals surface area contributed by atoms with E-state index in [2.05, 4.69) is 0 Å². The van der Waals surface area contributed by atoms with E-state index in [9.17, 15) is 24.6 Å². The first-order valence-electron chi connectivity index (χ1n) is 6.74. The minimum Gasteiger partial charge on any atom is -0.504 e. The number of esters is 1. The summed E-state index contributed by atoms with van der Waals surface area (Å²) >= 11 is 0.694. The van der Waals surface area contributed by atoms with Crippen LogP contribution in [0.4, 0.5) is 4.79 Å². The third-order valence-corrected chi connectivity index (χ3v) is 3.73. The average Bonchev–Trinajstić information content (AvgIpc) is 2.70. The summed E-state index contributed by atoms with van der Waals surface area (Å²) in [6, 6.07) is 4.01. The Morgan fingerprint density at radius 1 is 1.30 bits per heavy atom. The largest absolute Gasteiger partial charge is 0.504 e. The van der Waals surface area contributed by atoms with Crippen LogP contribution in [-0.4, -0.2) is 44.9 Å². The van der Waals surface area contributed by atoms with Crippen LogP contribution in [0.25, 0.3) is 6.08 Å². The second-order valence-electron chi connectivity index (χ2n) is 5.05. The number of imide groups is 1. The number of phenols is 2. The first-order chi connectivity index (χ1) is 10.8. The quantitative estimate of drug-likeness (QED) is 0.492. The summed E-state index contributed by atoms with van der Waals surface area (Å²) in [4.78, 5) is 36.6. The van der Waals surface area contributed by atoms with Gasteiger partial charge in [-0.25, -0.2) is 0 Å². The van der Waals surface area contributed by atoms with E-state index in [4.69, 9.17) is 4.74 Å². The summed E-state index contributed by atoms with van der Waals surface area (Å²) in [6.45, 7) is 2.90. The molecular weight excluding hydrogens is 322 g/mol. The predicted molar refractivity (Wildman–Crippen MR) is 83.7 cm³/mol. The van der Waals surface area contributed by atoms with Gasteiger partial charge >= 0.3 is 5.97 Å². The van der Waals surface area contributed by atoms with Crippen LogP contribution in [-0.2, 0) is 14.3 Å². The number of carbonyl (C=O) groups is 3. The van der Waals surface area contributed by atoms with E-state index in [0.717, 1.165) is 4.90 Å². The number of amides is 2. The molecule has 1 fully saturated rings. The third-order valence-electron chi connectivity index (χ3n) is 2.83. The number of phenolic OH excluding ortho intramolecular Hbond substituents is 2. The van der Waals surface area contributed by atoms with Crippen LogP contribution in [0.1, 0.15) is 19.4 Å². The van der Waals surface area contributed by atoms with Gasteiger partial charge < -0.3 is 14.9 Å². The molecule has 0 spiro atoms. The molecular formula is C15H15NO6S. The molecule has 1 saturated heterocycles. The smallest absolute Gasteiger partial charge is 0.326 e. The maximum Gasteiger partial charge on any atom is 0.326 e. The summed E-state index contributed by atoms with van der Waals surface area (Å²) in [6.07, 6.45) is 1.07. The lowest BCUT2D eigenvalue weighted by molar-refractivity contribution is -0.149. The highest BCUT2D eigenvalue weighted by atomic mass is 32.2. The fraction of sp³-hybridized carbons (Fsp3) is 0.267. The molecule has 1 aromatic rings. The van der Waals surface area contributed by atoms with Gasteiger partial charge in [0.1, 0.15) is 6.54 Å². The molecule has 8 heteroatoms. The van der Waals surface area contributed by atoms with Crippen LogP contribution in [0, 0.1) is 0 Å². The van der Waals surface area contributed by atoms with Crippen LogP contribution < -0.4 is 0 Å². The molecule has 1 aliphatic heterocycles. The van der Waals surface area contributed by atoms with Crippen LogP contribution in [0.5, 0.6) is 11.5 Å². The van der Waals surface area contributed by atoms with Crippen LogP contribution >= 0.6 is 11.8 Å². The molecule has 0 saturated carbocycles. The lowest BCUT2D eigenvalue weighted by atomic mass is 10.2. The van der Waals surface area contributed by atoms with E-state index < -0.39 is 23.7 Å². The minimum atomic E-state index is -0.661. The van der Waals surface area contributed by atoms with Gasteiger partial charge in [-0.05, 0) is 49.4 Å². The van der Waals surface area contributed by atoms with E-state index in [-0.39, 0.29) is 22.5 Å². The lowest BCUT2D eigenvalue weighted by Crippen LogP contribution is -2.35. The van der Waals surface area contributed by atoms with Gasteiger partial charge in [0.25, 0.3) is 11.1 Å². The monoisotopic (exact) mass is 337 g/mol. The molecule has 7 nitrogen and oxygen atoms in total. The number of carbonyl (C=O) groups excluding carboxylic acids is 3. The van der Waals surface area contributed by atoms with Gasteiger partial charge in [-0.1, -0.05) is 6.07 Å². The molecule has 2 N–H and O–H groups in total. The second kappa shape index (κ2) is 6.74. The van der Waals surface area contributed by atoms with Crippen molar-refractivity contribution in [3.8, 4) is 11.5 Å². The molecule has 0 unspecified atom stereocenters. The summed E-state index contributed by atoms with van der Waals surface area (Å²) in [5.74, 6) is -1.88. The average molecular weight is 337 g/mol. The maximum atomic E-state index is 12.2. The molecule has 1 aliphatic rings. The first-order valence-corrected chi connectivity index (χ1v) is 7.56. The number of benzene rings is 1. The minimum absolute atomic E-state index is 0.123. The Bertz CT molecular complexity index is 697. The highest BCUT2D eigenvalue weighted by Gasteiger charge is 2.36. The molecule has 0 aromatic heterocycles. The number of rotatable bonds is 4. The van der Waals surface area contributed by atoms with Crippen molar-refractivity contribution in [1.29, 1.82) is 0 Å². The molecule has 23 heavy (non-hydrogen) atoms. The van der Waals surface area contributed by atoms with E-state index in [1.165, 1.54) is 24.3 Å². The molecule has 0 atom stereocenters. The Morgan fingerprint density at radius 3 is 2.61 bits per heavy atom. The van der Waals surface area contributed by atoms with Gasteiger partial charge in [-0.3, -0.25) is 19.3 Å². The SMILES string of the molecule is CC(C)OC(=O)CN1C(=O)S/C(=C/c2ccc(O)c(O)c2)C1=O. The van der Waals surface area contributed by atoms with Gasteiger partial charge in [-0.15, -0.1) is 0 Å². The highest BCUT2D eigenvalue weighted by molar-refractivity contribution is 8.18. The topological polar surface area (TPSA) is 104 Å². The predicted octanol–water partition coefficient (Wildman–Crippen LogP) is 2.09. The molecule has 0 bridgehead atoms. The van der Waals surface area contributed by atoms with E-state index in [1.54, 1.807) is 13.8 Å².